The zero-order valence-electron chi connectivity index (χ0n) is 10.5. The molecule has 104 valence electrons. The molecule has 0 amide bonds. The van der Waals surface area contributed by atoms with E-state index in [0.29, 0.717) is 10.9 Å². The molecule has 0 spiro atoms. The Bertz CT molecular complexity index is 446. The van der Waals surface area contributed by atoms with Gasteiger partial charge in [0.25, 0.3) is 0 Å². The van der Waals surface area contributed by atoms with Crippen LogP contribution in [-0.4, -0.2) is 37.6 Å². The largest absolute Gasteiger partial charge is 0.357 e. The average molecular weight is 395 g/mol. The molecule has 0 unspecified atom stereocenters. The van der Waals surface area contributed by atoms with Crippen LogP contribution in [-0.2, 0) is 9.47 Å². The van der Waals surface area contributed by atoms with Crippen LogP contribution in [0.3, 0.4) is 0 Å². The number of ether oxygens (including phenoxy) is 2. The number of aromatic nitrogens is 1. The highest BCUT2D eigenvalue weighted by Gasteiger charge is 2.30. The minimum atomic E-state index is 0.0143. The third kappa shape index (κ3) is 3.15. The van der Waals surface area contributed by atoms with E-state index in [-0.39, 0.29) is 6.29 Å². The second-order valence-electron chi connectivity index (χ2n) is 4.89. The molecule has 4 nitrogen and oxygen atoms in total. The van der Waals surface area contributed by atoms with Crippen LogP contribution in [0.4, 0.5) is 5.82 Å². The van der Waals surface area contributed by atoms with Crippen LogP contribution in [0.15, 0.2) is 12.3 Å². The first-order valence-corrected chi connectivity index (χ1v) is 7.99. The Morgan fingerprint density at radius 3 is 2.58 bits per heavy atom. The molecule has 3 heterocycles. The second-order valence-corrected chi connectivity index (χ2v) is 6.46. The molecule has 3 rings (SSSR count). The maximum Gasteiger partial charge on any atom is 0.160 e. The molecule has 2 aliphatic rings. The van der Waals surface area contributed by atoms with Crippen molar-refractivity contribution in [1.82, 2.24) is 4.98 Å². The Kier molecular flexibility index (Phi) is 4.46. The third-order valence-electron chi connectivity index (χ3n) is 3.69. The molecule has 0 aromatic carbocycles. The van der Waals surface area contributed by atoms with Gasteiger partial charge in [0.1, 0.15) is 5.82 Å². The molecule has 0 atom stereocenters. The summed E-state index contributed by atoms with van der Waals surface area (Å²) in [6, 6.07) is 2.05. The van der Waals surface area contributed by atoms with Gasteiger partial charge in [0.15, 0.2) is 6.29 Å². The molecule has 1 aromatic heterocycles. The predicted molar refractivity (Wildman–Crippen MR) is 82.6 cm³/mol. The van der Waals surface area contributed by atoms with Gasteiger partial charge in [-0.15, -0.1) is 0 Å². The van der Waals surface area contributed by atoms with Crippen molar-refractivity contribution in [2.24, 2.45) is 5.92 Å². The smallest absolute Gasteiger partial charge is 0.160 e. The van der Waals surface area contributed by atoms with E-state index in [1.807, 2.05) is 6.07 Å². The highest BCUT2D eigenvalue weighted by Crippen LogP contribution is 2.29. The summed E-state index contributed by atoms with van der Waals surface area (Å²) >= 11 is 8.25. The van der Waals surface area contributed by atoms with Crippen molar-refractivity contribution in [3.05, 3.63) is 20.9 Å². The third-order valence-corrected chi connectivity index (χ3v) is 5.20. The number of nitrogens with zero attached hydrogens (tertiary/aromatic N) is 2. The summed E-state index contributed by atoms with van der Waals surface area (Å²) in [7, 11) is 0. The Morgan fingerprint density at radius 1 is 1.26 bits per heavy atom. The summed E-state index contributed by atoms with van der Waals surface area (Å²) in [4.78, 5) is 6.72. The van der Waals surface area contributed by atoms with E-state index in [1.165, 1.54) is 0 Å². The van der Waals surface area contributed by atoms with E-state index in [0.717, 1.165) is 48.5 Å². The van der Waals surface area contributed by atoms with Gasteiger partial charge in [0.2, 0.25) is 0 Å². The summed E-state index contributed by atoms with van der Waals surface area (Å²) < 4.78 is 12.2. The van der Waals surface area contributed by atoms with E-state index in [9.17, 15) is 0 Å². The van der Waals surface area contributed by atoms with Crippen molar-refractivity contribution in [2.45, 2.75) is 19.1 Å². The van der Waals surface area contributed by atoms with Gasteiger partial charge in [-0.3, -0.25) is 0 Å². The molecule has 2 fully saturated rings. The number of pyridine rings is 1. The minimum absolute atomic E-state index is 0.0143. The molecule has 0 aliphatic carbocycles. The van der Waals surface area contributed by atoms with Gasteiger partial charge in [-0.05, 0) is 41.5 Å². The molecule has 0 radical (unpaired) electrons. The van der Waals surface area contributed by atoms with Crippen molar-refractivity contribution >= 4 is 40.0 Å². The van der Waals surface area contributed by atoms with E-state index in [2.05, 4.69) is 32.5 Å². The summed E-state index contributed by atoms with van der Waals surface area (Å²) in [6.07, 6.45) is 3.92. The van der Waals surface area contributed by atoms with Crippen LogP contribution >= 0.6 is 34.2 Å². The Hall–Kier alpha value is -0.110. The van der Waals surface area contributed by atoms with Gasteiger partial charge >= 0.3 is 0 Å². The maximum atomic E-state index is 6.01. The first-order valence-electron chi connectivity index (χ1n) is 6.53. The lowest BCUT2D eigenvalue weighted by Crippen LogP contribution is -2.38. The number of piperidine rings is 1. The Morgan fingerprint density at radius 2 is 1.95 bits per heavy atom. The van der Waals surface area contributed by atoms with Crippen molar-refractivity contribution < 1.29 is 9.47 Å². The number of hydrogen-bond donors (Lipinski definition) is 0. The van der Waals surface area contributed by atoms with Gasteiger partial charge in [0.05, 0.1) is 18.2 Å². The first kappa shape index (κ1) is 13.9. The lowest BCUT2D eigenvalue weighted by molar-refractivity contribution is -0.0889. The van der Waals surface area contributed by atoms with Crippen LogP contribution in [0, 0.1) is 9.49 Å². The molecular formula is C13H16ClIN2O2. The van der Waals surface area contributed by atoms with Crippen molar-refractivity contribution in [3.63, 3.8) is 0 Å². The molecular weight excluding hydrogens is 379 g/mol. The van der Waals surface area contributed by atoms with Gasteiger partial charge in [-0.1, -0.05) is 11.6 Å². The molecule has 0 bridgehead atoms. The van der Waals surface area contributed by atoms with Gasteiger partial charge in [-0.25, -0.2) is 4.98 Å². The van der Waals surface area contributed by atoms with Crippen LogP contribution in [0.5, 0.6) is 0 Å². The number of rotatable bonds is 2. The molecule has 19 heavy (non-hydrogen) atoms. The van der Waals surface area contributed by atoms with Crippen LogP contribution in [0.1, 0.15) is 12.8 Å². The fourth-order valence-corrected chi connectivity index (χ4v) is 3.15. The predicted octanol–water partition coefficient (Wildman–Crippen LogP) is 2.93. The molecule has 1 aromatic rings. The normalized spacial score (nSPS) is 22.1. The zero-order chi connectivity index (χ0) is 13.2. The Labute approximate surface area is 131 Å². The molecule has 6 heteroatoms. The molecule has 2 saturated heterocycles. The van der Waals surface area contributed by atoms with Crippen LogP contribution in [0.25, 0.3) is 0 Å². The van der Waals surface area contributed by atoms with Gasteiger partial charge in [0, 0.05) is 28.8 Å². The van der Waals surface area contributed by atoms with Gasteiger partial charge in [-0.2, -0.15) is 0 Å². The monoisotopic (exact) mass is 394 g/mol. The van der Waals surface area contributed by atoms with E-state index < -0.39 is 0 Å². The average Bonchev–Trinajstić information content (AvgIpc) is 2.96. The zero-order valence-corrected chi connectivity index (χ0v) is 13.4. The summed E-state index contributed by atoms with van der Waals surface area (Å²) in [5.74, 6) is 1.53. The quantitative estimate of drug-likeness (QED) is 0.723. The number of anilines is 1. The fraction of sp³-hybridized carbons (Fsp3) is 0.615. The Balaban J connectivity index is 1.61. The topological polar surface area (TPSA) is 34.6 Å². The van der Waals surface area contributed by atoms with Crippen molar-refractivity contribution in [2.75, 3.05) is 31.2 Å². The van der Waals surface area contributed by atoms with E-state index in [1.54, 1.807) is 6.20 Å². The SMILES string of the molecule is Clc1cnc(N2CCC(C3OCCO3)CC2)cc1I. The standard InChI is InChI=1S/C13H16ClIN2O2/c14-10-8-16-12(7-11(10)15)17-3-1-9(2-4-17)13-18-5-6-19-13/h7-9,13H,1-6H2. The van der Waals surface area contributed by atoms with Crippen LogP contribution in [0.2, 0.25) is 5.02 Å². The highest BCUT2D eigenvalue weighted by atomic mass is 127. The number of hydrogen-bond acceptors (Lipinski definition) is 4. The van der Waals surface area contributed by atoms with Crippen molar-refractivity contribution in [3.8, 4) is 0 Å². The number of halogens is 2. The van der Waals surface area contributed by atoms with Crippen molar-refractivity contribution in [1.29, 1.82) is 0 Å². The minimum Gasteiger partial charge on any atom is -0.357 e. The molecule has 0 N–H and O–H groups in total. The van der Waals surface area contributed by atoms with Crippen LogP contribution < -0.4 is 4.90 Å². The summed E-state index contributed by atoms with van der Waals surface area (Å²) in [5.41, 5.74) is 0. The lowest BCUT2D eigenvalue weighted by atomic mass is 9.96. The first-order chi connectivity index (χ1) is 9.24. The summed E-state index contributed by atoms with van der Waals surface area (Å²) in [5, 5.41) is 0.715. The van der Waals surface area contributed by atoms with E-state index >= 15 is 0 Å². The molecule has 2 aliphatic heterocycles. The maximum absolute atomic E-state index is 6.01. The second kappa shape index (κ2) is 6.11. The fourth-order valence-electron chi connectivity index (χ4n) is 2.63. The lowest BCUT2D eigenvalue weighted by Gasteiger charge is -2.34. The molecule has 0 saturated carbocycles. The van der Waals surface area contributed by atoms with E-state index in [4.69, 9.17) is 21.1 Å². The van der Waals surface area contributed by atoms with Gasteiger partial charge < -0.3 is 14.4 Å². The highest BCUT2D eigenvalue weighted by molar-refractivity contribution is 14.1. The summed E-state index contributed by atoms with van der Waals surface area (Å²) in [6.45, 7) is 3.47.